The van der Waals surface area contributed by atoms with E-state index in [9.17, 15) is 4.79 Å². The Hall–Kier alpha value is -3.04. The van der Waals surface area contributed by atoms with Gasteiger partial charge in [-0.1, -0.05) is 12.1 Å². The maximum atomic E-state index is 12.4. The molecule has 140 valence electrons. The summed E-state index contributed by atoms with van der Waals surface area (Å²) in [6, 6.07) is 13.5. The van der Waals surface area contributed by atoms with E-state index >= 15 is 0 Å². The zero-order chi connectivity index (χ0) is 19.2. The number of anilines is 1. The molecule has 1 heterocycles. The van der Waals surface area contributed by atoms with E-state index in [-0.39, 0.29) is 5.91 Å². The summed E-state index contributed by atoms with van der Waals surface area (Å²) in [4.78, 5) is 14.5. The molecule has 0 aromatic heterocycles. The third-order valence-corrected chi connectivity index (χ3v) is 4.69. The van der Waals surface area contributed by atoms with Crippen molar-refractivity contribution in [2.75, 3.05) is 32.6 Å². The lowest BCUT2D eigenvalue weighted by atomic mass is 9.99. The molecule has 2 aromatic rings. The molecule has 1 aliphatic rings. The Morgan fingerprint density at radius 1 is 1.15 bits per heavy atom. The molecule has 0 unspecified atom stereocenters. The van der Waals surface area contributed by atoms with Crippen LogP contribution >= 0.6 is 0 Å². The molecule has 1 N–H and O–H groups in total. The fourth-order valence-electron chi connectivity index (χ4n) is 3.28. The van der Waals surface area contributed by atoms with Crippen LogP contribution < -0.4 is 14.8 Å². The van der Waals surface area contributed by atoms with Gasteiger partial charge in [0.05, 0.1) is 33.3 Å². The molecule has 0 bridgehead atoms. The first kappa shape index (κ1) is 18.7. The van der Waals surface area contributed by atoms with Crippen molar-refractivity contribution in [1.82, 2.24) is 4.90 Å². The SMILES string of the molecule is COc1cc2c(cc1OC)CN(CC(=O)Nc1ccc(CC#N)cc1)CC2. The van der Waals surface area contributed by atoms with Crippen LogP contribution in [0.3, 0.4) is 0 Å². The van der Waals surface area contributed by atoms with Crippen LogP contribution in [-0.4, -0.2) is 38.1 Å². The van der Waals surface area contributed by atoms with E-state index in [1.54, 1.807) is 14.2 Å². The summed E-state index contributed by atoms with van der Waals surface area (Å²) < 4.78 is 10.7. The first-order valence-corrected chi connectivity index (χ1v) is 8.84. The van der Waals surface area contributed by atoms with Crippen LogP contribution in [0.5, 0.6) is 11.5 Å². The van der Waals surface area contributed by atoms with E-state index < -0.39 is 0 Å². The first-order valence-electron chi connectivity index (χ1n) is 8.84. The number of fused-ring (bicyclic) bond motifs is 1. The van der Waals surface area contributed by atoms with Gasteiger partial charge in [-0.2, -0.15) is 5.26 Å². The van der Waals surface area contributed by atoms with Crippen molar-refractivity contribution < 1.29 is 14.3 Å². The Morgan fingerprint density at radius 3 is 2.44 bits per heavy atom. The van der Waals surface area contributed by atoms with Crippen LogP contribution in [0.4, 0.5) is 5.69 Å². The fraction of sp³-hybridized carbons (Fsp3) is 0.333. The Bertz CT molecular complexity index is 856. The summed E-state index contributed by atoms with van der Waals surface area (Å²) in [5.41, 5.74) is 4.07. The molecule has 0 spiro atoms. The Morgan fingerprint density at radius 2 is 1.81 bits per heavy atom. The van der Waals surface area contributed by atoms with Gasteiger partial charge in [-0.15, -0.1) is 0 Å². The highest BCUT2D eigenvalue weighted by Crippen LogP contribution is 2.33. The van der Waals surface area contributed by atoms with E-state index in [0.717, 1.165) is 35.5 Å². The summed E-state index contributed by atoms with van der Waals surface area (Å²) in [6.07, 6.45) is 1.24. The number of hydrogen-bond donors (Lipinski definition) is 1. The van der Waals surface area contributed by atoms with Gasteiger partial charge in [0, 0.05) is 18.8 Å². The van der Waals surface area contributed by atoms with Gasteiger partial charge in [-0.05, 0) is 47.4 Å². The molecule has 3 rings (SSSR count). The third-order valence-electron chi connectivity index (χ3n) is 4.69. The second-order valence-electron chi connectivity index (χ2n) is 6.52. The topological polar surface area (TPSA) is 74.6 Å². The number of amides is 1. The van der Waals surface area contributed by atoms with Crippen molar-refractivity contribution in [2.45, 2.75) is 19.4 Å². The van der Waals surface area contributed by atoms with E-state index in [4.69, 9.17) is 14.7 Å². The molecule has 0 fully saturated rings. The quantitative estimate of drug-likeness (QED) is 0.852. The minimum Gasteiger partial charge on any atom is -0.493 e. The van der Waals surface area contributed by atoms with Gasteiger partial charge in [0.2, 0.25) is 5.91 Å². The lowest BCUT2D eigenvalue weighted by molar-refractivity contribution is -0.117. The van der Waals surface area contributed by atoms with Gasteiger partial charge in [0.25, 0.3) is 0 Å². The van der Waals surface area contributed by atoms with Crippen molar-refractivity contribution in [3.63, 3.8) is 0 Å². The molecule has 1 aliphatic heterocycles. The number of carbonyl (C=O) groups is 1. The number of nitrogens with zero attached hydrogens (tertiary/aromatic N) is 2. The van der Waals surface area contributed by atoms with Crippen molar-refractivity contribution >= 4 is 11.6 Å². The van der Waals surface area contributed by atoms with Crippen molar-refractivity contribution in [3.05, 3.63) is 53.1 Å². The van der Waals surface area contributed by atoms with Crippen molar-refractivity contribution in [2.24, 2.45) is 0 Å². The van der Waals surface area contributed by atoms with Crippen LogP contribution in [0.1, 0.15) is 16.7 Å². The summed E-state index contributed by atoms with van der Waals surface area (Å²) in [6.45, 7) is 1.84. The molecule has 1 amide bonds. The number of carbonyl (C=O) groups excluding carboxylic acids is 1. The smallest absolute Gasteiger partial charge is 0.238 e. The average Bonchev–Trinajstić information content (AvgIpc) is 2.68. The van der Waals surface area contributed by atoms with Crippen LogP contribution in [-0.2, 0) is 24.2 Å². The highest BCUT2D eigenvalue weighted by Gasteiger charge is 2.21. The Kier molecular flexibility index (Phi) is 5.94. The minimum atomic E-state index is -0.0491. The second-order valence-corrected chi connectivity index (χ2v) is 6.52. The molecule has 6 nitrogen and oxygen atoms in total. The zero-order valence-electron chi connectivity index (χ0n) is 15.6. The highest BCUT2D eigenvalue weighted by atomic mass is 16.5. The van der Waals surface area contributed by atoms with Crippen molar-refractivity contribution in [1.29, 1.82) is 5.26 Å². The van der Waals surface area contributed by atoms with Gasteiger partial charge in [-0.25, -0.2) is 0 Å². The van der Waals surface area contributed by atoms with E-state index in [1.165, 1.54) is 5.56 Å². The fourth-order valence-corrected chi connectivity index (χ4v) is 3.28. The van der Waals surface area contributed by atoms with Gasteiger partial charge in [0.15, 0.2) is 11.5 Å². The number of benzene rings is 2. The minimum absolute atomic E-state index is 0.0491. The number of nitriles is 1. The third kappa shape index (κ3) is 4.57. The first-order chi connectivity index (χ1) is 13.1. The van der Waals surface area contributed by atoms with Gasteiger partial charge in [-0.3, -0.25) is 9.69 Å². The van der Waals surface area contributed by atoms with Crippen LogP contribution in [0.15, 0.2) is 36.4 Å². The Balaban J connectivity index is 1.60. The van der Waals surface area contributed by atoms with Crippen LogP contribution in [0, 0.1) is 11.3 Å². The van der Waals surface area contributed by atoms with E-state index in [1.807, 2.05) is 36.4 Å². The molecule has 27 heavy (non-hydrogen) atoms. The standard InChI is InChI=1S/C21H23N3O3/c1-26-19-11-16-8-10-24(13-17(16)12-20(19)27-2)14-21(25)23-18-5-3-15(4-6-18)7-9-22/h3-6,11-12H,7-8,10,13-14H2,1-2H3,(H,23,25). The summed E-state index contributed by atoms with van der Waals surface area (Å²) in [5, 5.41) is 11.6. The molecule has 2 aromatic carbocycles. The number of ether oxygens (including phenoxy) is 2. The molecule has 6 heteroatoms. The normalized spacial score (nSPS) is 13.4. The number of hydrogen-bond acceptors (Lipinski definition) is 5. The molecule has 0 aliphatic carbocycles. The molecule has 0 saturated carbocycles. The molecule has 0 radical (unpaired) electrons. The van der Waals surface area contributed by atoms with Gasteiger partial charge >= 0.3 is 0 Å². The summed E-state index contributed by atoms with van der Waals surface area (Å²) in [7, 11) is 3.26. The van der Waals surface area contributed by atoms with Crippen LogP contribution in [0.2, 0.25) is 0 Å². The predicted octanol–water partition coefficient (Wildman–Crippen LogP) is 2.77. The largest absolute Gasteiger partial charge is 0.493 e. The highest BCUT2D eigenvalue weighted by molar-refractivity contribution is 5.92. The summed E-state index contributed by atoms with van der Waals surface area (Å²) in [5.74, 6) is 1.40. The molecular weight excluding hydrogens is 342 g/mol. The van der Waals surface area contributed by atoms with Gasteiger partial charge < -0.3 is 14.8 Å². The second kappa shape index (κ2) is 8.56. The Labute approximate surface area is 159 Å². The monoisotopic (exact) mass is 365 g/mol. The van der Waals surface area contributed by atoms with Crippen LogP contribution in [0.25, 0.3) is 0 Å². The van der Waals surface area contributed by atoms with Crippen molar-refractivity contribution in [3.8, 4) is 17.6 Å². The molecule has 0 saturated heterocycles. The molecule has 0 atom stereocenters. The maximum absolute atomic E-state index is 12.4. The van der Waals surface area contributed by atoms with Gasteiger partial charge in [0.1, 0.15) is 0 Å². The lowest BCUT2D eigenvalue weighted by Crippen LogP contribution is -2.37. The van der Waals surface area contributed by atoms with E-state index in [0.29, 0.717) is 25.3 Å². The number of nitrogens with one attached hydrogen (secondary N) is 1. The average molecular weight is 365 g/mol. The maximum Gasteiger partial charge on any atom is 0.238 e. The lowest BCUT2D eigenvalue weighted by Gasteiger charge is -2.29. The predicted molar refractivity (Wildman–Crippen MR) is 103 cm³/mol. The zero-order valence-corrected chi connectivity index (χ0v) is 15.6. The van der Waals surface area contributed by atoms with E-state index in [2.05, 4.69) is 16.3 Å². The number of methoxy groups -OCH3 is 2. The molecular formula is C21H23N3O3. The summed E-state index contributed by atoms with van der Waals surface area (Å²) >= 11 is 0. The number of rotatable bonds is 6.